The van der Waals surface area contributed by atoms with Crippen LogP contribution in [0.25, 0.3) is 0 Å². The van der Waals surface area contributed by atoms with Crippen LogP contribution in [0.2, 0.25) is 0 Å². The lowest BCUT2D eigenvalue weighted by atomic mass is 9.87. The first kappa shape index (κ1) is 11.2. The van der Waals surface area contributed by atoms with Crippen LogP contribution in [0.15, 0.2) is 24.3 Å². The van der Waals surface area contributed by atoms with E-state index in [1.165, 1.54) is 0 Å². The van der Waals surface area contributed by atoms with E-state index in [0.717, 1.165) is 36.2 Å². The molecule has 0 bridgehead atoms. The molecule has 86 valence electrons. The molecule has 2 rings (SSSR count). The molecule has 1 aromatic carbocycles. The van der Waals surface area contributed by atoms with Gasteiger partial charge in [0.1, 0.15) is 0 Å². The predicted octanol–water partition coefficient (Wildman–Crippen LogP) is 2.98. The molecule has 1 aliphatic rings. The molecule has 0 atom stereocenters. The van der Waals surface area contributed by atoms with Gasteiger partial charge in [-0.3, -0.25) is 4.79 Å². The molecule has 1 heterocycles. The smallest absolute Gasteiger partial charge is 0.161 e. The van der Waals surface area contributed by atoms with Gasteiger partial charge in [-0.2, -0.15) is 0 Å². The number of benzene rings is 1. The second-order valence-electron chi connectivity index (χ2n) is 4.98. The van der Waals surface area contributed by atoms with E-state index in [1.54, 1.807) is 6.92 Å². The average Bonchev–Trinajstić information content (AvgIpc) is 2.15. The zero-order valence-electron chi connectivity index (χ0n) is 10.2. The highest BCUT2D eigenvalue weighted by Gasteiger charge is 2.30. The van der Waals surface area contributed by atoms with Gasteiger partial charge in [0.15, 0.2) is 5.78 Å². The van der Waals surface area contributed by atoms with Crippen molar-refractivity contribution in [2.24, 2.45) is 11.8 Å². The van der Waals surface area contributed by atoms with Crippen molar-refractivity contribution in [1.82, 2.24) is 0 Å². The largest absolute Gasteiger partial charge is 0.370 e. The van der Waals surface area contributed by atoms with Crippen LogP contribution in [-0.2, 0) is 0 Å². The van der Waals surface area contributed by atoms with Crippen molar-refractivity contribution in [3.05, 3.63) is 29.8 Å². The molecule has 0 radical (unpaired) electrons. The number of hydrogen-bond donors (Lipinski definition) is 0. The maximum atomic E-state index is 11.5. The standard InChI is InChI=1S/C14H19NO/c1-10(2)12-8-15(9-12)14-7-5-4-6-13(14)11(3)16/h4-7,10,12H,8-9H2,1-3H3. The number of hydrogen-bond acceptors (Lipinski definition) is 2. The van der Waals surface area contributed by atoms with Gasteiger partial charge in [-0.25, -0.2) is 0 Å². The van der Waals surface area contributed by atoms with Crippen LogP contribution in [-0.4, -0.2) is 18.9 Å². The first-order valence-electron chi connectivity index (χ1n) is 5.94. The third-order valence-electron chi connectivity index (χ3n) is 3.48. The summed E-state index contributed by atoms with van der Waals surface area (Å²) in [6.07, 6.45) is 0. The Morgan fingerprint density at radius 3 is 2.50 bits per heavy atom. The molecule has 0 amide bonds. The Balaban J connectivity index is 2.14. The lowest BCUT2D eigenvalue weighted by molar-refractivity contribution is 0.101. The fourth-order valence-electron chi connectivity index (χ4n) is 2.18. The van der Waals surface area contributed by atoms with Crippen LogP contribution in [0.4, 0.5) is 5.69 Å². The van der Waals surface area contributed by atoms with Crippen LogP contribution < -0.4 is 4.90 Å². The van der Waals surface area contributed by atoms with Crippen LogP contribution >= 0.6 is 0 Å². The number of carbonyl (C=O) groups excluding carboxylic acids is 1. The maximum absolute atomic E-state index is 11.5. The van der Waals surface area contributed by atoms with Crippen molar-refractivity contribution >= 4 is 11.5 Å². The van der Waals surface area contributed by atoms with Gasteiger partial charge in [0.05, 0.1) is 0 Å². The Kier molecular flexibility index (Phi) is 2.99. The van der Waals surface area contributed by atoms with Gasteiger partial charge in [-0.15, -0.1) is 0 Å². The summed E-state index contributed by atoms with van der Waals surface area (Å²) >= 11 is 0. The van der Waals surface area contributed by atoms with E-state index in [4.69, 9.17) is 0 Å². The molecule has 1 fully saturated rings. The second kappa shape index (κ2) is 4.28. The van der Waals surface area contributed by atoms with E-state index < -0.39 is 0 Å². The average molecular weight is 217 g/mol. The summed E-state index contributed by atoms with van der Waals surface area (Å²) < 4.78 is 0. The highest BCUT2D eigenvalue weighted by atomic mass is 16.1. The molecule has 1 aliphatic heterocycles. The van der Waals surface area contributed by atoms with E-state index in [9.17, 15) is 4.79 Å². The van der Waals surface area contributed by atoms with E-state index >= 15 is 0 Å². The van der Waals surface area contributed by atoms with Crippen molar-refractivity contribution in [3.8, 4) is 0 Å². The molecule has 0 saturated carbocycles. The molecule has 0 spiro atoms. The highest BCUT2D eigenvalue weighted by molar-refractivity contribution is 5.99. The zero-order valence-corrected chi connectivity index (χ0v) is 10.2. The van der Waals surface area contributed by atoms with E-state index in [1.807, 2.05) is 24.3 Å². The lowest BCUT2D eigenvalue weighted by Crippen LogP contribution is -2.49. The summed E-state index contributed by atoms with van der Waals surface area (Å²) in [4.78, 5) is 13.8. The minimum atomic E-state index is 0.156. The Morgan fingerprint density at radius 1 is 1.31 bits per heavy atom. The molecule has 1 saturated heterocycles. The number of para-hydroxylation sites is 1. The number of nitrogens with zero attached hydrogens (tertiary/aromatic N) is 1. The molecule has 2 heteroatoms. The third kappa shape index (κ3) is 1.97. The monoisotopic (exact) mass is 217 g/mol. The van der Waals surface area contributed by atoms with Crippen molar-refractivity contribution in [2.45, 2.75) is 20.8 Å². The first-order chi connectivity index (χ1) is 7.59. The van der Waals surface area contributed by atoms with Crippen LogP contribution in [0.5, 0.6) is 0 Å². The zero-order chi connectivity index (χ0) is 11.7. The Morgan fingerprint density at radius 2 is 1.94 bits per heavy atom. The molecule has 16 heavy (non-hydrogen) atoms. The highest BCUT2D eigenvalue weighted by Crippen LogP contribution is 2.31. The molecular formula is C14H19NO. The Labute approximate surface area is 97.3 Å². The lowest BCUT2D eigenvalue weighted by Gasteiger charge is -2.44. The number of carbonyl (C=O) groups is 1. The summed E-state index contributed by atoms with van der Waals surface area (Å²) in [6, 6.07) is 7.90. The normalized spacial score (nSPS) is 16.4. The van der Waals surface area contributed by atoms with Gasteiger partial charge >= 0.3 is 0 Å². The van der Waals surface area contributed by atoms with Crippen molar-refractivity contribution in [3.63, 3.8) is 0 Å². The third-order valence-corrected chi connectivity index (χ3v) is 3.48. The first-order valence-corrected chi connectivity index (χ1v) is 5.94. The summed E-state index contributed by atoms with van der Waals surface area (Å²) in [6.45, 7) is 8.33. The molecule has 0 aromatic heterocycles. The number of ketones is 1. The van der Waals surface area contributed by atoms with Gasteiger partial charge in [0, 0.05) is 24.3 Å². The van der Waals surface area contributed by atoms with Crippen LogP contribution in [0, 0.1) is 11.8 Å². The molecular weight excluding hydrogens is 198 g/mol. The minimum absolute atomic E-state index is 0.156. The van der Waals surface area contributed by atoms with Gasteiger partial charge < -0.3 is 4.90 Å². The SMILES string of the molecule is CC(=O)c1ccccc1N1CC(C(C)C)C1. The summed E-state index contributed by atoms with van der Waals surface area (Å²) in [5, 5.41) is 0. The van der Waals surface area contributed by atoms with Gasteiger partial charge in [0.2, 0.25) is 0 Å². The molecule has 1 aromatic rings. The van der Waals surface area contributed by atoms with Crippen LogP contribution in [0.3, 0.4) is 0 Å². The number of Topliss-reactive ketones (excluding diaryl/α,β-unsaturated/α-hetero) is 1. The molecule has 0 unspecified atom stereocenters. The number of rotatable bonds is 3. The summed E-state index contributed by atoms with van der Waals surface area (Å²) in [5.74, 6) is 1.67. The van der Waals surface area contributed by atoms with Crippen molar-refractivity contribution in [2.75, 3.05) is 18.0 Å². The quantitative estimate of drug-likeness (QED) is 0.725. The Bertz CT molecular complexity index is 391. The second-order valence-corrected chi connectivity index (χ2v) is 4.98. The summed E-state index contributed by atoms with van der Waals surface area (Å²) in [7, 11) is 0. The minimum Gasteiger partial charge on any atom is -0.370 e. The van der Waals surface area contributed by atoms with E-state index in [2.05, 4.69) is 18.7 Å². The topological polar surface area (TPSA) is 20.3 Å². The fraction of sp³-hybridized carbons (Fsp3) is 0.500. The maximum Gasteiger partial charge on any atom is 0.161 e. The summed E-state index contributed by atoms with van der Waals surface area (Å²) in [5.41, 5.74) is 1.96. The van der Waals surface area contributed by atoms with E-state index in [0.29, 0.717) is 0 Å². The van der Waals surface area contributed by atoms with E-state index in [-0.39, 0.29) is 5.78 Å². The van der Waals surface area contributed by atoms with Crippen LogP contribution in [0.1, 0.15) is 31.1 Å². The van der Waals surface area contributed by atoms with Gasteiger partial charge in [-0.05, 0) is 30.9 Å². The van der Waals surface area contributed by atoms with Gasteiger partial charge in [0.25, 0.3) is 0 Å². The van der Waals surface area contributed by atoms with Gasteiger partial charge in [-0.1, -0.05) is 26.0 Å². The molecule has 0 aliphatic carbocycles. The fourth-order valence-corrected chi connectivity index (χ4v) is 2.18. The molecule has 2 nitrogen and oxygen atoms in total. The molecule has 0 N–H and O–H groups in total. The number of anilines is 1. The van der Waals surface area contributed by atoms with Crippen molar-refractivity contribution in [1.29, 1.82) is 0 Å². The van der Waals surface area contributed by atoms with Crippen molar-refractivity contribution < 1.29 is 4.79 Å². The Hall–Kier alpha value is -1.31. The predicted molar refractivity (Wildman–Crippen MR) is 67.0 cm³/mol.